The Morgan fingerprint density at radius 1 is 0.293 bits per heavy atom. The summed E-state index contributed by atoms with van der Waals surface area (Å²) >= 11 is 0. The maximum atomic E-state index is 12.5. The first kappa shape index (κ1) is 133. The minimum atomic E-state index is -0.370. The van der Waals surface area contributed by atoms with Gasteiger partial charge in [0.2, 0.25) is 0 Å². The Balaban J connectivity index is -0.000000143. The van der Waals surface area contributed by atoms with E-state index in [-0.39, 0.29) is 214 Å². The number of carbonyl (C=O) groups is 6. The van der Waals surface area contributed by atoms with Crippen LogP contribution in [-0.2, 0) is 57.2 Å². The lowest BCUT2D eigenvalue weighted by atomic mass is 9.65. The molecule has 8 rings (SSSR count). The quantitative estimate of drug-likeness (QED) is 0.0686. The highest BCUT2D eigenvalue weighted by Crippen LogP contribution is 2.72. The minimum absolute atomic E-state index is 0. The molecule has 0 spiro atoms. The number of fused-ring (bicyclic) bond motifs is 4. The first-order chi connectivity index (χ1) is 48.0. The van der Waals surface area contributed by atoms with Crippen molar-refractivity contribution in [2.45, 2.75) is 573 Å². The fourth-order valence-electron chi connectivity index (χ4n) is 17.6. The van der Waals surface area contributed by atoms with Gasteiger partial charge < -0.3 is 28.4 Å². The Bertz CT molecular complexity index is 2630. The van der Waals surface area contributed by atoms with E-state index in [1.807, 2.05) is 96.9 Å². The van der Waals surface area contributed by atoms with Gasteiger partial charge in [-0.2, -0.15) is 0 Å². The Morgan fingerprint density at radius 3 is 0.733 bits per heavy atom. The zero-order valence-electron chi connectivity index (χ0n) is 73.5. The summed E-state index contributed by atoms with van der Waals surface area (Å²) in [6.07, 6.45) is 45.2. The van der Waals surface area contributed by atoms with E-state index in [1.165, 1.54) is 148 Å². The number of hydrogen-bond donors (Lipinski definition) is 0. The number of hydrogen-bond acceptors (Lipinski definition) is 12. The van der Waals surface area contributed by atoms with E-state index in [4.69, 9.17) is 28.4 Å². The van der Waals surface area contributed by atoms with Gasteiger partial charge in [-0.15, -0.1) is 0 Å². The van der Waals surface area contributed by atoms with Crippen molar-refractivity contribution in [1.29, 1.82) is 0 Å². The average molecular weight is 1660 g/mol. The van der Waals surface area contributed by atoms with Crippen molar-refractivity contribution < 1.29 is 57.2 Å². The molecular weight excluding hydrogens is 1440 g/mol. The summed E-state index contributed by atoms with van der Waals surface area (Å²) in [5.74, 6) is 1.36. The molecule has 8 aliphatic carbocycles. The smallest absolute Gasteiger partial charge is 0.312 e. The fourth-order valence-corrected chi connectivity index (χ4v) is 17.6. The Morgan fingerprint density at radius 2 is 0.509 bits per heavy atom. The Hall–Kier alpha value is -3.18. The first-order valence-electron chi connectivity index (χ1n) is 43.4. The number of esters is 6. The Kier molecular flexibility index (Phi) is 64.2. The van der Waals surface area contributed by atoms with Gasteiger partial charge in [0.05, 0.1) is 33.5 Å². The van der Waals surface area contributed by atoms with Crippen molar-refractivity contribution in [3.8, 4) is 0 Å². The molecule has 704 valence electrons. The summed E-state index contributed by atoms with van der Waals surface area (Å²) in [5, 5.41) is 0. The van der Waals surface area contributed by atoms with E-state index in [1.54, 1.807) is 0 Å². The summed E-state index contributed by atoms with van der Waals surface area (Å²) in [6, 6.07) is 0. The maximum Gasteiger partial charge on any atom is 0.312 e. The van der Waals surface area contributed by atoms with Crippen LogP contribution < -0.4 is 0 Å². The van der Waals surface area contributed by atoms with Crippen LogP contribution in [0.15, 0.2) is 0 Å². The third kappa shape index (κ3) is 35.2. The van der Waals surface area contributed by atoms with E-state index >= 15 is 0 Å². The standard InChI is InChI=1S/C17H30O2.C17H32O2.C16H28O2.C15H28O2.C14H26O2.C13H24O2.12CH4/c1-8-14(2,3)13(18)19-17(7)11-12-9-10-16(17,6)15(12,4)5;1-5-16(2,3)15(18)19-17(4)13-11-9-7-6-8-10-12-14-17;1-7-11(2)13(17)18-16(6)10-12-8-9-15(16,5)14(12,3)4;1-5-14(3,4)13(16)17-15(6-2)11-9-7-8-10-12-15;1-5-13(2,3)12(15)16-14(4)10-8-6-7-9-11-14;1-4-11(2)12(14)15-13(3)9-7-5-6-8-10-13;;;;;;;;;;;;/h12H,8-11H2,1-7H3;5-14H2,1-4H3;11-12H,7-10H2,1-6H3;5-12H2,1-4H3;5-11H2,1-4H3;11H,4-10H2,1-3H3;12*1H4. The largest absolute Gasteiger partial charge is 0.459 e. The summed E-state index contributed by atoms with van der Waals surface area (Å²) < 4.78 is 35.4. The second-order valence-electron chi connectivity index (χ2n) is 40.0. The highest BCUT2D eigenvalue weighted by molar-refractivity contribution is 5.78. The molecule has 12 nitrogen and oxygen atoms in total. The molecule has 0 aromatic carbocycles. The third-order valence-electron chi connectivity index (χ3n) is 30.1. The molecule has 0 aliphatic heterocycles. The predicted octanol–water partition coefficient (Wildman–Crippen LogP) is 33.9. The van der Waals surface area contributed by atoms with E-state index < -0.39 is 0 Å². The number of carbonyl (C=O) groups excluding carboxylic acids is 6. The summed E-state index contributed by atoms with van der Waals surface area (Å²) in [7, 11) is 0. The molecule has 8 atom stereocenters. The molecule has 0 radical (unpaired) electrons. The van der Waals surface area contributed by atoms with Crippen LogP contribution >= 0.6 is 0 Å². The number of ether oxygens (including phenoxy) is 6. The van der Waals surface area contributed by atoms with Crippen molar-refractivity contribution in [2.75, 3.05) is 0 Å². The van der Waals surface area contributed by atoms with E-state index in [0.29, 0.717) is 11.8 Å². The minimum Gasteiger partial charge on any atom is -0.459 e. The van der Waals surface area contributed by atoms with Crippen LogP contribution in [0.2, 0.25) is 0 Å². The molecule has 8 unspecified atom stereocenters. The molecule has 0 aromatic heterocycles. The van der Waals surface area contributed by atoms with Crippen LogP contribution in [0.3, 0.4) is 0 Å². The van der Waals surface area contributed by atoms with E-state index in [9.17, 15) is 28.8 Å². The van der Waals surface area contributed by atoms with Gasteiger partial charge in [-0.1, -0.05) is 264 Å². The van der Waals surface area contributed by atoms with Gasteiger partial charge in [-0.3, -0.25) is 28.8 Å². The molecule has 8 aliphatic rings. The van der Waals surface area contributed by atoms with Gasteiger partial charge in [-0.05, 0) is 299 Å². The number of rotatable bonds is 19. The van der Waals surface area contributed by atoms with E-state index in [2.05, 4.69) is 96.9 Å². The van der Waals surface area contributed by atoms with Crippen LogP contribution in [0.5, 0.6) is 0 Å². The fraction of sp³-hybridized carbons (Fsp3) is 0.942. The predicted molar refractivity (Wildman–Crippen MR) is 511 cm³/mol. The zero-order valence-corrected chi connectivity index (χ0v) is 73.5. The lowest BCUT2D eigenvalue weighted by molar-refractivity contribution is -0.185. The molecule has 0 heterocycles. The van der Waals surface area contributed by atoms with Crippen molar-refractivity contribution in [1.82, 2.24) is 0 Å². The van der Waals surface area contributed by atoms with Crippen LogP contribution in [0, 0.1) is 67.0 Å². The van der Waals surface area contributed by atoms with Gasteiger partial charge in [0.15, 0.2) is 0 Å². The summed E-state index contributed by atoms with van der Waals surface area (Å²) in [4.78, 5) is 72.9. The Labute approximate surface area is 729 Å². The zero-order chi connectivity index (χ0) is 79.3. The molecule has 0 aromatic rings. The maximum absolute atomic E-state index is 12.5. The van der Waals surface area contributed by atoms with Gasteiger partial charge in [-0.25, -0.2) is 0 Å². The van der Waals surface area contributed by atoms with Crippen molar-refractivity contribution >= 4 is 35.8 Å². The average Bonchev–Trinajstić information content (AvgIpc) is 1.54. The molecule has 0 N–H and O–H groups in total. The van der Waals surface area contributed by atoms with Crippen LogP contribution in [0.1, 0.15) is 540 Å². The second kappa shape index (κ2) is 55.8. The highest BCUT2D eigenvalue weighted by atomic mass is 16.6. The second-order valence-corrected chi connectivity index (χ2v) is 40.0. The van der Waals surface area contributed by atoms with Gasteiger partial charge in [0.1, 0.15) is 33.6 Å². The van der Waals surface area contributed by atoms with Crippen LogP contribution in [0.25, 0.3) is 0 Å². The van der Waals surface area contributed by atoms with Crippen molar-refractivity contribution in [2.24, 2.45) is 67.0 Å². The van der Waals surface area contributed by atoms with Crippen LogP contribution in [0.4, 0.5) is 0 Å². The molecule has 12 heteroatoms. The van der Waals surface area contributed by atoms with Crippen LogP contribution in [-0.4, -0.2) is 69.4 Å². The lowest BCUT2D eigenvalue weighted by Crippen LogP contribution is -2.49. The monoisotopic (exact) mass is 1660 g/mol. The molecule has 116 heavy (non-hydrogen) atoms. The molecule has 0 saturated heterocycles. The van der Waals surface area contributed by atoms with Crippen molar-refractivity contribution in [3.05, 3.63) is 0 Å². The first-order valence-corrected chi connectivity index (χ1v) is 43.4. The molecule has 8 fully saturated rings. The van der Waals surface area contributed by atoms with Gasteiger partial charge >= 0.3 is 35.8 Å². The molecule has 0 amide bonds. The molecule has 8 saturated carbocycles. The SMILES string of the molecule is C.C.C.C.C.C.C.C.C.C.C.C.CCC(C)(C)C(=O)OC1(C)CC2CCC1(C)C2(C)C.CCC(C)(C)C(=O)OC1(C)CCCCCC1.CCC(C)(C)C(=O)OC1(C)CCCCCCCCC1.CCC(C)C(=O)OC1(C)CC2CCC1(C)C2(C)C.CCC(C)C(=O)OC1(C)CCCCCC1.CCC1(OC(=O)C(C)(C)CC)CCCCCC1. The molecule has 4 bridgehead atoms. The molecular formula is C104H216O12. The van der Waals surface area contributed by atoms with Crippen molar-refractivity contribution in [3.63, 3.8) is 0 Å². The van der Waals surface area contributed by atoms with Gasteiger partial charge in [0.25, 0.3) is 0 Å². The van der Waals surface area contributed by atoms with Gasteiger partial charge in [0, 0.05) is 10.8 Å². The summed E-state index contributed by atoms with van der Waals surface area (Å²) in [6.45, 7) is 58.9. The third-order valence-corrected chi connectivity index (χ3v) is 30.1. The topological polar surface area (TPSA) is 158 Å². The lowest BCUT2D eigenvalue weighted by Gasteiger charge is -2.46. The van der Waals surface area contributed by atoms with E-state index in [0.717, 1.165) is 109 Å². The summed E-state index contributed by atoms with van der Waals surface area (Å²) in [5.41, 5.74) is -1.93. The highest BCUT2D eigenvalue weighted by Gasteiger charge is 2.70. The normalized spacial score (nSPS) is 25.8.